The van der Waals surface area contributed by atoms with Crippen molar-refractivity contribution in [2.45, 2.75) is 38.5 Å². The smallest absolute Gasteiger partial charge is 0.0797 e. The van der Waals surface area contributed by atoms with E-state index in [1.165, 1.54) is 22.6 Å². The third-order valence-electron chi connectivity index (χ3n) is 3.99. The van der Waals surface area contributed by atoms with E-state index in [9.17, 15) is 0 Å². The maximum Gasteiger partial charge on any atom is 0.0797 e. The van der Waals surface area contributed by atoms with Gasteiger partial charge >= 0.3 is 0 Å². The first-order valence-electron chi connectivity index (χ1n) is 6.72. The van der Waals surface area contributed by atoms with Gasteiger partial charge in [-0.15, -0.1) is 11.3 Å². The summed E-state index contributed by atoms with van der Waals surface area (Å²) in [5, 5.41) is 1.01. The van der Waals surface area contributed by atoms with Crippen LogP contribution in [0.15, 0.2) is 35.8 Å². The SMILES string of the molecule is CCC(CBr)(CCc1scnc1C)c1ccccc1. The Bertz CT molecular complexity index is 502. The van der Waals surface area contributed by atoms with Crippen molar-refractivity contribution in [3.8, 4) is 0 Å². The molecule has 102 valence electrons. The molecule has 0 aliphatic heterocycles. The maximum atomic E-state index is 4.35. The minimum atomic E-state index is 0.234. The van der Waals surface area contributed by atoms with Crippen LogP contribution in [0.2, 0.25) is 0 Å². The molecular weight excluding hydrogens is 318 g/mol. The van der Waals surface area contributed by atoms with Gasteiger partial charge in [-0.05, 0) is 31.7 Å². The van der Waals surface area contributed by atoms with E-state index in [-0.39, 0.29) is 5.41 Å². The Morgan fingerprint density at radius 3 is 2.53 bits per heavy atom. The molecule has 0 amide bonds. The maximum absolute atomic E-state index is 4.35. The number of benzene rings is 1. The fourth-order valence-corrected chi connectivity index (χ4v) is 4.26. The third-order valence-corrected chi connectivity index (χ3v) is 6.06. The summed E-state index contributed by atoms with van der Waals surface area (Å²) < 4.78 is 0. The van der Waals surface area contributed by atoms with Crippen molar-refractivity contribution in [1.82, 2.24) is 4.98 Å². The van der Waals surface area contributed by atoms with Crippen molar-refractivity contribution in [3.63, 3.8) is 0 Å². The van der Waals surface area contributed by atoms with Gasteiger partial charge in [0.05, 0.1) is 11.2 Å². The first kappa shape index (κ1) is 14.7. The Morgan fingerprint density at radius 2 is 2.00 bits per heavy atom. The first-order chi connectivity index (χ1) is 9.22. The number of alkyl halides is 1. The topological polar surface area (TPSA) is 12.9 Å². The van der Waals surface area contributed by atoms with E-state index in [1.807, 2.05) is 5.51 Å². The number of nitrogens with zero attached hydrogens (tertiary/aromatic N) is 1. The van der Waals surface area contributed by atoms with Crippen LogP contribution in [0.1, 0.15) is 35.9 Å². The highest BCUT2D eigenvalue weighted by atomic mass is 79.9. The summed E-state index contributed by atoms with van der Waals surface area (Å²) >= 11 is 5.52. The summed E-state index contributed by atoms with van der Waals surface area (Å²) in [6.45, 7) is 4.39. The van der Waals surface area contributed by atoms with Crippen molar-refractivity contribution in [2.24, 2.45) is 0 Å². The molecular formula is C16H20BrNS. The van der Waals surface area contributed by atoms with Gasteiger partial charge in [0.25, 0.3) is 0 Å². The summed E-state index contributed by atoms with van der Waals surface area (Å²) in [5.41, 5.74) is 4.82. The zero-order chi connectivity index (χ0) is 13.7. The van der Waals surface area contributed by atoms with E-state index in [2.05, 4.69) is 65.1 Å². The third kappa shape index (κ3) is 3.26. The van der Waals surface area contributed by atoms with Gasteiger partial charge in [-0.25, -0.2) is 4.98 Å². The van der Waals surface area contributed by atoms with Crippen LogP contribution in [0.3, 0.4) is 0 Å². The van der Waals surface area contributed by atoms with Crippen LogP contribution in [0.5, 0.6) is 0 Å². The minimum absolute atomic E-state index is 0.234. The molecule has 1 aromatic carbocycles. The molecule has 0 N–H and O–H groups in total. The number of hydrogen-bond acceptors (Lipinski definition) is 2. The molecule has 0 bridgehead atoms. The lowest BCUT2D eigenvalue weighted by Gasteiger charge is -2.31. The minimum Gasteiger partial charge on any atom is -0.250 e. The quantitative estimate of drug-likeness (QED) is 0.666. The first-order valence-corrected chi connectivity index (χ1v) is 8.72. The standard InChI is InChI=1S/C16H20BrNS/c1-3-16(11-17,14-7-5-4-6-8-14)10-9-15-13(2)18-12-19-15/h4-8,12H,3,9-11H2,1-2H3. The lowest BCUT2D eigenvalue weighted by molar-refractivity contribution is 0.431. The molecule has 2 rings (SSSR count). The zero-order valence-electron chi connectivity index (χ0n) is 11.5. The second-order valence-electron chi connectivity index (χ2n) is 4.99. The number of thiazole rings is 1. The van der Waals surface area contributed by atoms with Crippen molar-refractivity contribution in [2.75, 3.05) is 5.33 Å². The molecule has 0 saturated heterocycles. The number of hydrogen-bond donors (Lipinski definition) is 0. The molecule has 0 aliphatic rings. The van der Waals surface area contributed by atoms with E-state index in [4.69, 9.17) is 0 Å². The molecule has 0 spiro atoms. The Morgan fingerprint density at radius 1 is 1.26 bits per heavy atom. The normalized spacial score (nSPS) is 14.3. The molecule has 1 heterocycles. The average molecular weight is 338 g/mol. The van der Waals surface area contributed by atoms with E-state index in [1.54, 1.807) is 11.3 Å². The van der Waals surface area contributed by atoms with Gasteiger partial charge in [0.15, 0.2) is 0 Å². The van der Waals surface area contributed by atoms with Crippen LogP contribution < -0.4 is 0 Å². The van der Waals surface area contributed by atoms with Crippen LogP contribution in [-0.2, 0) is 11.8 Å². The molecule has 0 saturated carbocycles. The number of aryl methyl sites for hydroxylation is 2. The van der Waals surface area contributed by atoms with Gasteiger partial charge in [-0.2, -0.15) is 0 Å². The van der Waals surface area contributed by atoms with E-state index < -0.39 is 0 Å². The summed E-state index contributed by atoms with van der Waals surface area (Å²) in [6.07, 6.45) is 3.44. The van der Waals surface area contributed by atoms with Gasteiger partial charge in [0, 0.05) is 15.6 Å². The fraction of sp³-hybridized carbons (Fsp3) is 0.438. The van der Waals surface area contributed by atoms with Crippen molar-refractivity contribution in [3.05, 3.63) is 52.0 Å². The van der Waals surface area contributed by atoms with Crippen LogP contribution in [0.25, 0.3) is 0 Å². The summed E-state index contributed by atoms with van der Waals surface area (Å²) in [5.74, 6) is 0. The van der Waals surface area contributed by atoms with Gasteiger partial charge in [-0.1, -0.05) is 53.2 Å². The lowest BCUT2D eigenvalue weighted by atomic mass is 9.76. The molecule has 0 radical (unpaired) electrons. The highest BCUT2D eigenvalue weighted by molar-refractivity contribution is 9.09. The van der Waals surface area contributed by atoms with Crippen LogP contribution in [-0.4, -0.2) is 10.3 Å². The second kappa shape index (κ2) is 6.67. The van der Waals surface area contributed by atoms with Crippen LogP contribution >= 0.6 is 27.3 Å². The van der Waals surface area contributed by atoms with E-state index in [0.717, 1.165) is 18.2 Å². The largest absolute Gasteiger partial charge is 0.250 e. The predicted molar refractivity (Wildman–Crippen MR) is 87.4 cm³/mol. The molecule has 19 heavy (non-hydrogen) atoms. The van der Waals surface area contributed by atoms with Crippen molar-refractivity contribution < 1.29 is 0 Å². The van der Waals surface area contributed by atoms with Gasteiger partial charge in [0.1, 0.15) is 0 Å². The Hall–Kier alpha value is -0.670. The Kier molecular flexibility index (Phi) is 5.17. The highest BCUT2D eigenvalue weighted by Gasteiger charge is 2.29. The Balaban J connectivity index is 2.18. The van der Waals surface area contributed by atoms with Gasteiger partial charge < -0.3 is 0 Å². The zero-order valence-corrected chi connectivity index (χ0v) is 13.9. The van der Waals surface area contributed by atoms with Crippen LogP contribution in [0.4, 0.5) is 0 Å². The van der Waals surface area contributed by atoms with E-state index >= 15 is 0 Å². The fourth-order valence-electron chi connectivity index (χ4n) is 2.47. The number of aromatic nitrogens is 1. The molecule has 0 aliphatic carbocycles. The number of rotatable bonds is 6. The molecule has 1 nitrogen and oxygen atoms in total. The average Bonchev–Trinajstić information content (AvgIpc) is 2.87. The molecule has 0 fully saturated rings. The van der Waals surface area contributed by atoms with Crippen molar-refractivity contribution >= 4 is 27.3 Å². The Labute approximate surface area is 128 Å². The monoisotopic (exact) mass is 337 g/mol. The molecule has 1 aromatic heterocycles. The molecule has 1 unspecified atom stereocenters. The lowest BCUT2D eigenvalue weighted by Crippen LogP contribution is -2.28. The highest BCUT2D eigenvalue weighted by Crippen LogP contribution is 2.35. The van der Waals surface area contributed by atoms with Gasteiger partial charge in [-0.3, -0.25) is 0 Å². The summed E-state index contributed by atoms with van der Waals surface area (Å²) in [6, 6.07) is 10.9. The van der Waals surface area contributed by atoms with Crippen LogP contribution in [0, 0.1) is 6.92 Å². The molecule has 1 atom stereocenters. The molecule has 3 heteroatoms. The van der Waals surface area contributed by atoms with Crippen molar-refractivity contribution in [1.29, 1.82) is 0 Å². The number of halogens is 1. The second-order valence-corrected chi connectivity index (χ2v) is 6.49. The predicted octanol–water partition coefficient (Wildman–Crippen LogP) is 5.13. The van der Waals surface area contributed by atoms with E-state index in [0.29, 0.717) is 0 Å². The van der Waals surface area contributed by atoms with Gasteiger partial charge in [0.2, 0.25) is 0 Å². The molecule has 2 aromatic rings. The summed E-state index contributed by atoms with van der Waals surface area (Å²) in [4.78, 5) is 5.77. The summed E-state index contributed by atoms with van der Waals surface area (Å²) in [7, 11) is 0.